The van der Waals surface area contributed by atoms with Gasteiger partial charge in [0.05, 0.1) is 24.8 Å². The molecule has 2 unspecified atom stereocenters. The fraction of sp³-hybridized carbons (Fsp3) is 0.571. The van der Waals surface area contributed by atoms with Crippen LogP contribution in [0.1, 0.15) is 25.3 Å². The quantitative estimate of drug-likeness (QED) is 0.700. The van der Waals surface area contributed by atoms with Crippen LogP contribution < -0.4 is 15.4 Å². The number of hydrogen-bond acceptors (Lipinski definition) is 6. The Kier molecular flexibility index (Phi) is 7.36. The Hall–Kier alpha value is -2.99. The average Bonchev–Trinajstić information content (AvgIpc) is 2.98. The maximum absolute atomic E-state index is 12.2. The van der Waals surface area contributed by atoms with E-state index in [0.717, 1.165) is 12.8 Å². The van der Waals surface area contributed by atoms with Gasteiger partial charge >= 0.3 is 12.1 Å². The van der Waals surface area contributed by atoms with E-state index in [4.69, 9.17) is 14.7 Å². The van der Waals surface area contributed by atoms with Crippen LogP contribution in [0.3, 0.4) is 0 Å². The summed E-state index contributed by atoms with van der Waals surface area (Å²) in [5, 5.41) is 14.6. The monoisotopic (exact) mass is 415 g/mol. The number of piperazine rings is 1. The highest BCUT2D eigenvalue weighted by Crippen LogP contribution is 2.30. The van der Waals surface area contributed by atoms with E-state index < -0.39 is 6.09 Å². The first-order valence-corrected chi connectivity index (χ1v) is 10.3. The van der Waals surface area contributed by atoms with Gasteiger partial charge in [-0.2, -0.15) is 5.26 Å². The van der Waals surface area contributed by atoms with Gasteiger partial charge in [0.1, 0.15) is 12.4 Å². The van der Waals surface area contributed by atoms with Crippen molar-refractivity contribution in [3.8, 4) is 11.8 Å². The van der Waals surface area contributed by atoms with Crippen LogP contribution in [0.2, 0.25) is 0 Å². The van der Waals surface area contributed by atoms with E-state index in [1.54, 1.807) is 24.3 Å². The second kappa shape index (κ2) is 10.2. The third-order valence-corrected chi connectivity index (χ3v) is 5.62. The summed E-state index contributed by atoms with van der Waals surface area (Å²) in [6.45, 7) is 4.79. The molecule has 162 valence electrons. The molecule has 2 heterocycles. The zero-order valence-electron chi connectivity index (χ0n) is 17.5. The number of nitrogens with one attached hydrogen (secondary N) is 2. The van der Waals surface area contributed by atoms with Gasteiger partial charge in [0, 0.05) is 38.3 Å². The van der Waals surface area contributed by atoms with Crippen molar-refractivity contribution in [2.45, 2.75) is 37.9 Å². The number of ether oxygens (including phenoxy) is 2. The first-order chi connectivity index (χ1) is 14.5. The molecule has 0 spiro atoms. The van der Waals surface area contributed by atoms with E-state index in [-0.39, 0.29) is 30.8 Å². The van der Waals surface area contributed by atoms with Gasteiger partial charge in [0.2, 0.25) is 0 Å². The lowest BCUT2D eigenvalue weighted by Gasteiger charge is -2.42. The number of fused-ring (bicyclic) bond motifs is 2. The molecule has 30 heavy (non-hydrogen) atoms. The Labute approximate surface area is 176 Å². The molecule has 2 saturated heterocycles. The topological polar surface area (TPSA) is 107 Å². The van der Waals surface area contributed by atoms with Crippen molar-refractivity contribution in [2.75, 3.05) is 39.9 Å². The summed E-state index contributed by atoms with van der Waals surface area (Å²) in [5.41, 5.74) is 0.563. The van der Waals surface area contributed by atoms with Crippen molar-refractivity contribution in [3.63, 3.8) is 0 Å². The Morgan fingerprint density at radius 2 is 1.90 bits per heavy atom. The van der Waals surface area contributed by atoms with Gasteiger partial charge in [-0.25, -0.2) is 9.59 Å². The maximum Gasteiger partial charge on any atom is 0.407 e. The molecule has 3 atom stereocenters. The van der Waals surface area contributed by atoms with Crippen LogP contribution in [0.15, 0.2) is 24.3 Å². The molecule has 1 aromatic rings. The standard InChI is InChI=1S/C21H29N5O4/c1-3-23-20(27)25-12-17-6-7-18(13-25)26(17)11-16(24-21(28)29-2)14-30-19-8-4-15(10-22)5-9-19/h4-5,8-9,16-18H,3,6-7,11-14H2,1-2H3,(H,23,27)(H,24,28)/t16-,17?,18?/m0/s1. The van der Waals surface area contributed by atoms with Crippen LogP contribution in [-0.4, -0.2) is 79.9 Å². The number of rotatable bonds is 7. The molecule has 2 N–H and O–H groups in total. The van der Waals surface area contributed by atoms with Gasteiger partial charge in [-0.15, -0.1) is 0 Å². The molecule has 0 aliphatic carbocycles. The molecule has 2 bridgehead atoms. The number of urea groups is 1. The summed E-state index contributed by atoms with van der Waals surface area (Å²) >= 11 is 0. The minimum Gasteiger partial charge on any atom is -0.491 e. The normalized spacial score (nSPS) is 21.4. The van der Waals surface area contributed by atoms with Crippen LogP contribution in [0.25, 0.3) is 0 Å². The Bertz CT molecular complexity index is 765. The Morgan fingerprint density at radius 3 is 2.47 bits per heavy atom. The van der Waals surface area contributed by atoms with Gasteiger partial charge in [0.25, 0.3) is 0 Å². The van der Waals surface area contributed by atoms with E-state index in [1.807, 2.05) is 11.8 Å². The Balaban J connectivity index is 1.61. The number of nitriles is 1. The highest BCUT2D eigenvalue weighted by atomic mass is 16.5. The third kappa shape index (κ3) is 5.33. The Morgan fingerprint density at radius 1 is 1.23 bits per heavy atom. The lowest BCUT2D eigenvalue weighted by atomic mass is 10.1. The molecule has 0 aromatic heterocycles. The predicted octanol–water partition coefficient (Wildman–Crippen LogP) is 1.54. The van der Waals surface area contributed by atoms with Gasteiger partial charge in [-0.05, 0) is 44.0 Å². The molecule has 9 heteroatoms. The minimum atomic E-state index is -0.503. The highest BCUT2D eigenvalue weighted by molar-refractivity contribution is 5.74. The average molecular weight is 415 g/mol. The molecule has 2 fully saturated rings. The zero-order valence-corrected chi connectivity index (χ0v) is 17.5. The van der Waals surface area contributed by atoms with Crippen LogP contribution in [-0.2, 0) is 4.74 Å². The van der Waals surface area contributed by atoms with E-state index in [0.29, 0.717) is 37.5 Å². The van der Waals surface area contributed by atoms with Crippen molar-refractivity contribution < 1.29 is 19.1 Å². The lowest BCUT2D eigenvalue weighted by molar-refractivity contribution is 0.0671. The molecule has 0 radical (unpaired) electrons. The first kappa shape index (κ1) is 21.7. The largest absolute Gasteiger partial charge is 0.491 e. The number of carbonyl (C=O) groups is 2. The smallest absolute Gasteiger partial charge is 0.407 e. The van der Waals surface area contributed by atoms with Crippen molar-refractivity contribution in [3.05, 3.63) is 29.8 Å². The summed E-state index contributed by atoms with van der Waals surface area (Å²) in [6, 6.07) is 9.19. The molecule has 9 nitrogen and oxygen atoms in total. The molecule has 0 saturated carbocycles. The summed E-state index contributed by atoms with van der Waals surface area (Å²) in [7, 11) is 1.34. The highest BCUT2D eigenvalue weighted by Gasteiger charge is 2.42. The molecule has 2 aliphatic heterocycles. The van der Waals surface area contributed by atoms with Crippen LogP contribution in [0.5, 0.6) is 5.75 Å². The second-order valence-electron chi connectivity index (χ2n) is 7.60. The summed E-state index contributed by atoms with van der Waals surface area (Å²) in [4.78, 5) is 28.3. The van der Waals surface area contributed by atoms with E-state index in [2.05, 4.69) is 21.6 Å². The lowest BCUT2D eigenvalue weighted by Crippen LogP contribution is -2.60. The number of hydrogen-bond donors (Lipinski definition) is 2. The predicted molar refractivity (Wildman–Crippen MR) is 110 cm³/mol. The molecule has 1 aromatic carbocycles. The fourth-order valence-corrected chi connectivity index (χ4v) is 4.16. The van der Waals surface area contributed by atoms with Gasteiger partial charge < -0.3 is 25.0 Å². The number of methoxy groups -OCH3 is 1. The second-order valence-corrected chi connectivity index (χ2v) is 7.60. The number of carbonyl (C=O) groups excluding carboxylic acids is 2. The molecule has 2 aliphatic rings. The molecular formula is C21H29N5O4. The van der Waals surface area contributed by atoms with E-state index >= 15 is 0 Å². The van der Waals surface area contributed by atoms with Crippen LogP contribution in [0.4, 0.5) is 9.59 Å². The number of alkyl carbamates (subject to hydrolysis) is 1. The van der Waals surface area contributed by atoms with Gasteiger partial charge in [-0.3, -0.25) is 4.90 Å². The molecule has 3 rings (SSSR count). The van der Waals surface area contributed by atoms with Gasteiger partial charge in [0.15, 0.2) is 0 Å². The first-order valence-electron chi connectivity index (χ1n) is 10.3. The van der Waals surface area contributed by atoms with Crippen molar-refractivity contribution >= 4 is 12.1 Å². The molecular weight excluding hydrogens is 386 g/mol. The summed E-state index contributed by atoms with van der Waals surface area (Å²) < 4.78 is 10.6. The summed E-state index contributed by atoms with van der Waals surface area (Å²) in [5.74, 6) is 0.634. The zero-order chi connectivity index (χ0) is 21.5. The molecule has 3 amide bonds. The van der Waals surface area contributed by atoms with Crippen LogP contribution in [0, 0.1) is 11.3 Å². The third-order valence-electron chi connectivity index (χ3n) is 5.62. The fourth-order valence-electron chi connectivity index (χ4n) is 4.16. The minimum absolute atomic E-state index is 0.0116. The summed E-state index contributed by atoms with van der Waals surface area (Å²) in [6.07, 6.45) is 1.56. The van der Waals surface area contributed by atoms with E-state index in [1.165, 1.54) is 7.11 Å². The van der Waals surface area contributed by atoms with Crippen molar-refractivity contribution in [1.29, 1.82) is 5.26 Å². The van der Waals surface area contributed by atoms with Gasteiger partial charge in [-0.1, -0.05) is 0 Å². The van der Waals surface area contributed by atoms with E-state index in [9.17, 15) is 9.59 Å². The number of nitrogens with zero attached hydrogens (tertiary/aromatic N) is 3. The number of amides is 3. The van der Waals surface area contributed by atoms with Crippen LogP contribution >= 0.6 is 0 Å². The number of likely N-dealkylation sites (tertiary alicyclic amines) is 1. The SMILES string of the molecule is CCNC(=O)N1CC2CCC(C1)N2C[C@@H](COc1ccc(C#N)cc1)NC(=O)OC. The number of benzene rings is 1. The maximum atomic E-state index is 12.2. The van der Waals surface area contributed by atoms with Crippen molar-refractivity contribution in [1.82, 2.24) is 20.4 Å². The van der Waals surface area contributed by atoms with Crippen molar-refractivity contribution in [2.24, 2.45) is 0 Å².